The SMILES string of the molecule is COc1cc(OC)nc(Oc2cccc(-c3ccc(F)c(C)c3)c2C=O)n1. The van der Waals surface area contributed by atoms with E-state index in [4.69, 9.17) is 14.2 Å². The van der Waals surface area contributed by atoms with Crippen molar-refractivity contribution in [1.82, 2.24) is 9.97 Å². The van der Waals surface area contributed by atoms with Crippen molar-refractivity contribution in [2.24, 2.45) is 0 Å². The van der Waals surface area contributed by atoms with Crippen molar-refractivity contribution in [2.75, 3.05) is 14.2 Å². The molecule has 2 aromatic carbocycles. The minimum Gasteiger partial charge on any atom is -0.481 e. The molecule has 0 unspecified atom stereocenters. The number of halogens is 1. The predicted octanol–water partition coefficient (Wildman–Crippen LogP) is 4.21. The van der Waals surface area contributed by atoms with Crippen LogP contribution in [0, 0.1) is 12.7 Å². The molecule has 138 valence electrons. The number of aldehydes is 1. The molecule has 3 rings (SSSR count). The highest BCUT2D eigenvalue weighted by atomic mass is 19.1. The second-order valence-electron chi connectivity index (χ2n) is 5.64. The van der Waals surface area contributed by atoms with Crippen molar-refractivity contribution in [3.05, 3.63) is 59.4 Å². The Labute approximate surface area is 155 Å². The number of carbonyl (C=O) groups is 1. The summed E-state index contributed by atoms with van der Waals surface area (Å²) in [6, 6.07) is 11.2. The van der Waals surface area contributed by atoms with E-state index in [0.29, 0.717) is 28.5 Å². The van der Waals surface area contributed by atoms with Gasteiger partial charge in [0.25, 0.3) is 0 Å². The molecular weight excluding hydrogens is 351 g/mol. The molecule has 0 spiro atoms. The molecule has 0 aliphatic carbocycles. The average Bonchev–Trinajstić information content (AvgIpc) is 2.69. The van der Waals surface area contributed by atoms with Gasteiger partial charge in [-0.1, -0.05) is 18.2 Å². The van der Waals surface area contributed by atoms with E-state index in [1.807, 2.05) is 0 Å². The van der Waals surface area contributed by atoms with Crippen molar-refractivity contribution in [3.63, 3.8) is 0 Å². The summed E-state index contributed by atoms with van der Waals surface area (Å²) >= 11 is 0. The first-order valence-electron chi connectivity index (χ1n) is 8.05. The number of hydrogen-bond acceptors (Lipinski definition) is 6. The van der Waals surface area contributed by atoms with Crippen LogP contribution in [0.1, 0.15) is 15.9 Å². The number of carbonyl (C=O) groups excluding carboxylic acids is 1. The molecule has 0 amide bonds. The van der Waals surface area contributed by atoms with Gasteiger partial charge in [-0.05, 0) is 41.8 Å². The van der Waals surface area contributed by atoms with Gasteiger partial charge in [0.05, 0.1) is 25.8 Å². The second-order valence-corrected chi connectivity index (χ2v) is 5.64. The normalized spacial score (nSPS) is 10.4. The van der Waals surface area contributed by atoms with Crippen LogP contribution in [0.5, 0.6) is 23.5 Å². The fourth-order valence-electron chi connectivity index (χ4n) is 2.56. The molecule has 0 N–H and O–H groups in total. The van der Waals surface area contributed by atoms with Crippen molar-refractivity contribution in [3.8, 4) is 34.6 Å². The summed E-state index contributed by atoms with van der Waals surface area (Å²) in [4.78, 5) is 20.0. The monoisotopic (exact) mass is 368 g/mol. The molecule has 0 aliphatic heterocycles. The zero-order chi connectivity index (χ0) is 19.4. The van der Waals surface area contributed by atoms with Crippen LogP contribution < -0.4 is 14.2 Å². The summed E-state index contributed by atoms with van der Waals surface area (Å²) in [5.41, 5.74) is 2.09. The Morgan fingerprint density at radius 1 is 1.00 bits per heavy atom. The Kier molecular flexibility index (Phi) is 5.30. The Hall–Kier alpha value is -3.48. The van der Waals surface area contributed by atoms with E-state index in [-0.39, 0.29) is 29.3 Å². The fourth-order valence-corrected chi connectivity index (χ4v) is 2.56. The van der Waals surface area contributed by atoms with Gasteiger partial charge in [0.15, 0.2) is 6.29 Å². The van der Waals surface area contributed by atoms with Gasteiger partial charge in [-0.3, -0.25) is 4.79 Å². The lowest BCUT2D eigenvalue weighted by atomic mass is 9.98. The zero-order valence-corrected chi connectivity index (χ0v) is 15.0. The van der Waals surface area contributed by atoms with E-state index in [0.717, 1.165) is 0 Å². The topological polar surface area (TPSA) is 70.5 Å². The van der Waals surface area contributed by atoms with Crippen LogP contribution in [0.3, 0.4) is 0 Å². The third kappa shape index (κ3) is 3.87. The molecule has 3 aromatic rings. The summed E-state index contributed by atoms with van der Waals surface area (Å²) in [5, 5.41) is 0. The summed E-state index contributed by atoms with van der Waals surface area (Å²) in [7, 11) is 2.92. The lowest BCUT2D eigenvalue weighted by Crippen LogP contribution is -2.00. The highest BCUT2D eigenvalue weighted by Gasteiger charge is 2.15. The number of methoxy groups -OCH3 is 2. The van der Waals surface area contributed by atoms with Gasteiger partial charge >= 0.3 is 6.01 Å². The number of ether oxygens (including phenoxy) is 3. The number of aromatic nitrogens is 2. The van der Waals surface area contributed by atoms with Crippen molar-refractivity contribution in [1.29, 1.82) is 0 Å². The highest BCUT2D eigenvalue weighted by Crippen LogP contribution is 2.33. The van der Waals surface area contributed by atoms with Gasteiger partial charge < -0.3 is 14.2 Å². The molecule has 0 fully saturated rings. The predicted molar refractivity (Wildman–Crippen MR) is 97.2 cm³/mol. The van der Waals surface area contributed by atoms with Crippen LogP contribution in [0.4, 0.5) is 4.39 Å². The van der Waals surface area contributed by atoms with E-state index in [9.17, 15) is 9.18 Å². The summed E-state index contributed by atoms with van der Waals surface area (Å²) < 4.78 is 29.5. The van der Waals surface area contributed by atoms with Gasteiger partial charge in [-0.15, -0.1) is 0 Å². The Balaban J connectivity index is 2.04. The molecule has 0 saturated carbocycles. The molecular formula is C20H17FN2O4. The fraction of sp³-hybridized carbons (Fsp3) is 0.150. The Bertz CT molecular complexity index is 969. The Morgan fingerprint density at radius 2 is 1.70 bits per heavy atom. The molecule has 0 saturated heterocycles. The maximum Gasteiger partial charge on any atom is 0.328 e. The van der Waals surface area contributed by atoms with E-state index in [1.165, 1.54) is 26.4 Å². The van der Waals surface area contributed by atoms with Crippen LogP contribution in [-0.2, 0) is 0 Å². The largest absolute Gasteiger partial charge is 0.481 e. The first-order valence-corrected chi connectivity index (χ1v) is 8.05. The minimum absolute atomic E-state index is 0.0262. The number of nitrogens with zero attached hydrogens (tertiary/aromatic N) is 2. The highest BCUT2D eigenvalue weighted by molar-refractivity contribution is 5.91. The number of benzene rings is 2. The number of aryl methyl sites for hydroxylation is 1. The van der Waals surface area contributed by atoms with Crippen molar-refractivity contribution < 1.29 is 23.4 Å². The molecule has 6 nitrogen and oxygen atoms in total. The van der Waals surface area contributed by atoms with Crippen LogP contribution in [0.2, 0.25) is 0 Å². The van der Waals surface area contributed by atoms with Gasteiger partial charge in [-0.2, -0.15) is 9.97 Å². The minimum atomic E-state index is -0.310. The molecule has 0 atom stereocenters. The molecule has 0 radical (unpaired) electrons. The van der Waals surface area contributed by atoms with Crippen molar-refractivity contribution in [2.45, 2.75) is 6.92 Å². The van der Waals surface area contributed by atoms with E-state index in [1.54, 1.807) is 37.3 Å². The first kappa shape index (κ1) is 18.3. The maximum atomic E-state index is 13.6. The molecule has 1 heterocycles. The van der Waals surface area contributed by atoms with Gasteiger partial charge in [0, 0.05) is 0 Å². The summed E-state index contributed by atoms with van der Waals surface area (Å²) in [6.45, 7) is 1.66. The van der Waals surface area contributed by atoms with Crippen LogP contribution in [-0.4, -0.2) is 30.5 Å². The van der Waals surface area contributed by atoms with E-state index >= 15 is 0 Å². The molecule has 7 heteroatoms. The average molecular weight is 368 g/mol. The zero-order valence-electron chi connectivity index (χ0n) is 15.0. The Morgan fingerprint density at radius 3 is 2.30 bits per heavy atom. The van der Waals surface area contributed by atoms with Crippen LogP contribution in [0.15, 0.2) is 42.5 Å². The lowest BCUT2D eigenvalue weighted by molar-refractivity contribution is 0.112. The second kappa shape index (κ2) is 7.82. The van der Waals surface area contributed by atoms with Gasteiger partial charge in [0.2, 0.25) is 11.8 Å². The molecule has 27 heavy (non-hydrogen) atoms. The molecule has 1 aromatic heterocycles. The van der Waals surface area contributed by atoms with E-state index < -0.39 is 0 Å². The van der Waals surface area contributed by atoms with Crippen molar-refractivity contribution >= 4 is 6.29 Å². The summed E-state index contributed by atoms with van der Waals surface area (Å²) in [5.74, 6) is 0.472. The third-order valence-corrected chi connectivity index (χ3v) is 3.93. The number of hydrogen-bond donors (Lipinski definition) is 0. The smallest absolute Gasteiger partial charge is 0.328 e. The van der Waals surface area contributed by atoms with E-state index in [2.05, 4.69) is 9.97 Å². The first-order chi connectivity index (χ1) is 13.0. The van der Waals surface area contributed by atoms with Crippen LogP contribution >= 0.6 is 0 Å². The lowest BCUT2D eigenvalue weighted by Gasteiger charge is -2.12. The quantitative estimate of drug-likeness (QED) is 0.607. The third-order valence-electron chi connectivity index (χ3n) is 3.93. The molecule has 0 aliphatic rings. The standard InChI is InChI=1S/C20H17FN2O4/c1-12-9-13(7-8-16(12)21)14-5-4-6-17(15(14)11-24)27-20-22-18(25-2)10-19(23-20)26-3/h4-11H,1-3H3. The maximum absolute atomic E-state index is 13.6. The number of rotatable bonds is 6. The molecule has 0 bridgehead atoms. The van der Waals surface area contributed by atoms with Crippen LogP contribution in [0.25, 0.3) is 11.1 Å². The van der Waals surface area contributed by atoms with Gasteiger partial charge in [-0.25, -0.2) is 4.39 Å². The van der Waals surface area contributed by atoms with Gasteiger partial charge in [0.1, 0.15) is 11.6 Å². The summed E-state index contributed by atoms with van der Waals surface area (Å²) in [6.07, 6.45) is 0.681.